The van der Waals surface area contributed by atoms with Crippen LogP contribution in [0.15, 0.2) is 36.4 Å². The van der Waals surface area contributed by atoms with E-state index >= 15 is 0 Å². The Morgan fingerprint density at radius 3 is 2.38 bits per heavy atom. The summed E-state index contributed by atoms with van der Waals surface area (Å²) < 4.78 is 60.6. The Morgan fingerprint density at radius 1 is 1.18 bits per heavy atom. The van der Waals surface area contributed by atoms with Crippen molar-refractivity contribution in [3.05, 3.63) is 53.3 Å². The highest BCUT2D eigenvalue weighted by Gasteiger charge is 2.51. The van der Waals surface area contributed by atoms with E-state index in [1.165, 1.54) is 43.0 Å². The van der Waals surface area contributed by atoms with Crippen molar-refractivity contribution in [1.29, 1.82) is 5.26 Å². The van der Waals surface area contributed by atoms with Crippen molar-refractivity contribution in [3.8, 4) is 11.8 Å². The molecule has 1 amide bonds. The van der Waals surface area contributed by atoms with Gasteiger partial charge in [-0.25, -0.2) is 4.39 Å². The molecule has 1 saturated heterocycles. The summed E-state index contributed by atoms with van der Waals surface area (Å²) in [6.07, 6.45) is -3.21. The molecule has 1 saturated carbocycles. The van der Waals surface area contributed by atoms with Gasteiger partial charge in [-0.15, -0.1) is 0 Å². The first-order chi connectivity index (χ1) is 15.8. The molecule has 2 aromatic rings. The lowest BCUT2D eigenvalue weighted by atomic mass is 10.0. The number of carbonyl (C=O) groups excluding carboxylic acids is 1. The van der Waals surface area contributed by atoms with Crippen LogP contribution in [-0.2, 0) is 11.0 Å². The first-order valence-electron chi connectivity index (χ1n) is 10.3. The molecular weight excluding hydrogens is 472 g/mol. The predicted octanol–water partition coefficient (Wildman–Crippen LogP) is 4.50. The molecule has 0 radical (unpaired) electrons. The summed E-state index contributed by atoms with van der Waals surface area (Å²) in [5.74, 6) is -1.30. The summed E-state index contributed by atoms with van der Waals surface area (Å²) in [4.78, 5) is 15.6. The van der Waals surface area contributed by atoms with Gasteiger partial charge in [0.05, 0.1) is 28.4 Å². The number of benzene rings is 2. The quantitative estimate of drug-likeness (QED) is 0.489. The Kier molecular flexibility index (Phi) is 5.57. The fraction of sp³-hybridized carbons (Fsp3) is 0.348. The van der Waals surface area contributed by atoms with Crippen LogP contribution in [-0.4, -0.2) is 28.7 Å². The number of thiocarbonyl (C=S) groups is 1. The minimum atomic E-state index is -4.80. The normalized spacial score (nSPS) is 18.8. The van der Waals surface area contributed by atoms with Gasteiger partial charge in [0.2, 0.25) is 0 Å². The number of hydrogen-bond acceptors (Lipinski definition) is 5. The predicted molar refractivity (Wildman–Crippen MR) is 121 cm³/mol. The molecule has 1 heterocycles. The highest BCUT2D eigenvalue weighted by atomic mass is 32.1. The third kappa shape index (κ3) is 4.08. The summed E-state index contributed by atoms with van der Waals surface area (Å²) in [7, 11) is 0. The van der Waals surface area contributed by atoms with Crippen molar-refractivity contribution in [3.63, 3.8) is 0 Å². The third-order valence-electron chi connectivity index (χ3n) is 5.94. The van der Waals surface area contributed by atoms with E-state index in [2.05, 4.69) is 0 Å². The van der Waals surface area contributed by atoms with Gasteiger partial charge in [-0.1, -0.05) is 0 Å². The number of ether oxygens (including phenoxy) is 1. The number of rotatable bonds is 5. The number of nitrogens with two attached hydrogens (primary N) is 1. The van der Waals surface area contributed by atoms with Gasteiger partial charge >= 0.3 is 6.18 Å². The van der Waals surface area contributed by atoms with E-state index in [4.69, 9.17) is 28.0 Å². The molecule has 1 aliphatic carbocycles. The Bertz CT molecular complexity index is 1230. The molecule has 1 aliphatic heterocycles. The highest BCUT2D eigenvalue weighted by molar-refractivity contribution is 7.81. The Labute approximate surface area is 198 Å². The second-order valence-electron chi connectivity index (χ2n) is 8.92. The van der Waals surface area contributed by atoms with Crippen molar-refractivity contribution >= 4 is 34.6 Å². The average molecular weight is 492 g/mol. The maximum absolute atomic E-state index is 14.8. The fourth-order valence-corrected chi connectivity index (χ4v) is 4.25. The third-order valence-corrected chi connectivity index (χ3v) is 6.30. The first kappa shape index (κ1) is 23.9. The molecule has 4 rings (SSSR count). The Hall–Kier alpha value is -3.23. The lowest BCUT2D eigenvalue weighted by Gasteiger charge is -2.29. The lowest BCUT2D eigenvalue weighted by molar-refractivity contribution is -0.137. The topological polar surface area (TPSA) is 82.6 Å². The van der Waals surface area contributed by atoms with Gasteiger partial charge in [0.15, 0.2) is 16.7 Å². The summed E-state index contributed by atoms with van der Waals surface area (Å²) in [6.45, 7) is 3.23. The van der Waals surface area contributed by atoms with Gasteiger partial charge in [0.1, 0.15) is 12.1 Å². The van der Waals surface area contributed by atoms with Gasteiger partial charge in [-0.3, -0.25) is 9.69 Å². The van der Waals surface area contributed by atoms with Gasteiger partial charge in [-0.2, -0.15) is 18.4 Å². The zero-order chi connectivity index (χ0) is 25.1. The lowest BCUT2D eigenvalue weighted by Crippen LogP contribution is -2.44. The highest BCUT2D eigenvalue weighted by Crippen LogP contribution is 2.40. The molecule has 0 atom stereocenters. The standard InChI is InChI=1S/C23H20F4N4O2S/c1-21(2)19(32)30(14-4-3-13(11-28)16(9-14)23(25,26)27)20(34)31(21)15-5-6-18(17(24)10-15)33-12-22(29)7-8-22/h3-6,9-10H,7-8,12,29H2,1-2H3. The fourth-order valence-electron chi connectivity index (χ4n) is 3.73. The van der Waals surface area contributed by atoms with Crippen molar-refractivity contribution < 1.29 is 27.1 Å². The van der Waals surface area contributed by atoms with E-state index in [1.807, 2.05) is 0 Å². The van der Waals surface area contributed by atoms with E-state index < -0.39 is 40.1 Å². The number of amides is 1. The van der Waals surface area contributed by atoms with Gasteiger partial charge in [-0.05, 0) is 69.2 Å². The molecule has 11 heteroatoms. The van der Waals surface area contributed by atoms with Crippen molar-refractivity contribution in [2.45, 2.75) is 43.9 Å². The minimum Gasteiger partial charge on any atom is -0.489 e. The van der Waals surface area contributed by atoms with Crippen LogP contribution < -0.4 is 20.3 Å². The molecule has 178 valence electrons. The van der Waals surface area contributed by atoms with E-state index in [9.17, 15) is 22.4 Å². The SMILES string of the molecule is CC1(C)C(=O)N(c2ccc(C#N)c(C(F)(F)F)c2)C(=S)N1c1ccc(OCC2(N)CC2)c(F)c1. The largest absolute Gasteiger partial charge is 0.489 e. The minimum absolute atomic E-state index is 0.00603. The van der Waals surface area contributed by atoms with Crippen LogP contribution in [0.25, 0.3) is 0 Å². The van der Waals surface area contributed by atoms with Crippen LogP contribution in [0.4, 0.5) is 28.9 Å². The molecular formula is C23H20F4N4O2S. The number of nitriles is 1. The van der Waals surface area contributed by atoms with E-state index in [0.717, 1.165) is 29.9 Å². The zero-order valence-electron chi connectivity index (χ0n) is 18.2. The molecule has 0 unspecified atom stereocenters. The number of nitrogens with zero attached hydrogens (tertiary/aromatic N) is 3. The first-order valence-corrected chi connectivity index (χ1v) is 10.7. The molecule has 2 N–H and O–H groups in total. The van der Waals surface area contributed by atoms with Crippen molar-refractivity contribution in [1.82, 2.24) is 0 Å². The monoisotopic (exact) mass is 492 g/mol. The van der Waals surface area contributed by atoms with E-state index in [0.29, 0.717) is 6.07 Å². The van der Waals surface area contributed by atoms with Crippen molar-refractivity contribution in [2.75, 3.05) is 16.4 Å². The zero-order valence-corrected chi connectivity index (χ0v) is 19.1. The van der Waals surface area contributed by atoms with E-state index in [1.54, 1.807) is 0 Å². The number of anilines is 2. The average Bonchev–Trinajstić information content (AvgIpc) is 3.45. The van der Waals surface area contributed by atoms with Crippen LogP contribution in [0.2, 0.25) is 0 Å². The number of halogens is 4. The maximum atomic E-state index is 14.8. The second kappa shape index (κ2) is 7.92. The second-order valence-corrected chi connectivity index (χ2v) is 9.29. The number of alkyl halides is 3. The molecule has 2 fully saturated rings. The van der Waals surface area contributed by atoms with Gasteiger partial charge in [0, 0.05) is 11.8 Å². The molecule has 0 bridgehead atoms. The Balaban J connectivity index is 1.68. The summed E-state index contributed by atoms with van der Waals surface area (Å²) >= 11 is 5.45. The molecule has 0 aromatic heterocycles. The molecule has 6 nitrogen and oxygen atoms in total. The summed E-state index contributed by atoms with van der Waals surface area (Å²) in [5.41, 5.74) is 2.53. The van der Waals surface area contributed by atoms with Crippen LogP contribution in [0, 0.1) is 17.1 Å². The van der Waals surface area contributed by atoms with Gasteiger partial charge in [0.25, 0.3) is 5.91 Å². The summed E-state index contributed by atoms with van der Waals surface area (Å²) in [5, 5.41) is 8.91. The molecule has 34 heavy (non-hydrogen) atoms. The molecule has 0 spiro atoms. The maximum Gasteiger partial charge on any atom is 0.417 e. The van der Waals surface area contributed by atoms with Crippen LogP contribution >= 0.6 is 12.2 Å². The van der Waals surface area contributed by atoms with Gasteiger partial charge < -0.3 is 15.4 Å². The van der Waals surface area contributed by atoms with Crippen LogP contribution in [0.1, 0.15) is 37.8 Å². The van der Waals surface area contributed by atoms with Crippen LogP contribution in [0.5, 0.6) is 5.75 Å². The van der Waals surface area contributed by atoms with Crippen molar-refractivity contribution in [2.24, 2.45) is 5.73 Å². The molecule has 2 aromatic carbocycles. The molecule has 2 aliphatic rings. The smallest absolute Gasteiger partial charge is 0.417 e. The van der Waals surface area contributed by atoms with Crippen LogP contribution in [0.3, 0.4) is 0 Å². The number of carbonyl (C=O) groups is 1. The Morgan fingerprint density at radius 2 is 1.82 bits per heavy atom. The summed E-state index contributed by atoms with van der Waals surface area (Å²) in [6, 6.07) is 8.47. The number of hydrogen-bond donors (Lipinski definition) is 1. The van der Waals surface area contributed by atoms with E-state index in [-0.39, 0.29) is 28.8 Å².